The molecule has 0 bridgehead atoms. The average Bonchev–Trinajstić information content (AvgIpc) is 2.31. The summed E-state index contributed by atoms with van der Waals surface area (Å²) in [6.45, 7) is 3.59. The molecule has 0 spiro atoms. The van der Waals surface area contributed by atoms with Crippen LogP contribution in [0.25, 0.3) is 0 Å². The highest BCUT2D eigenvalue weighted by Crippen LogP contribution is 2.27. The second-order valence-corrected chi connectivity index (χ2v) is 4.98. The second-order valence-electron chi connectivity index (χ2n) is 3.88. The maximum atomic E-state index is 12.0. The molecule has 1 saturated heterocycles. The van der Waals surface area contributed by atoms with Gasteiger partial charge in [0.15, 0.2) is 0 Å². The monoisotopic (exact) mass is 247 g/mol. The van der Waals surface area contributed by atoms with E-state index in [9.17, 15) is 4.79 Å². The molecule has 1 aliphatic rings. The first-order valence-electron chi connectivity index (χ1n) is 5.74. The number of hydrogen-bond donors (Lipinski definition) is 1. The molecular formula is C11H21NO3S. The first kappa shape index (κ1) is 13.8. The van der Waals surface area contributed by atoms with Crippen LogP contribution in [-0.4, -0.2) is 49.9 Å². The molecule has 4 nitrogen and oxygen atoms in total. The third-order valence-corrected chi connectivity index (χ3v) is 3.95. The molecule has 1 heterocycles. The lowest BCUT2D eigenvalue weighted by molar-refractivity contribution is -0.150. The van der Waals surface area contributed by atoms with Crippen molar-refractivity contribution in [2.45, 2.75) is 25.3 Å². The van der Waals surface area contributed by atoms with Crippen molar-refractivity contribution >= 4 is 17.7 Å². The zero-order valence-electron chi connectivity index (χ0n) is 10.1. The fourth-order valence-electron chi connectivity index (χ4n) is 1.83. The van der Waals surface area contributed by atoms with Gasteiger partial charge in [-0.15, -0.1) is 0 Å². The van der Waals surface area contributed by atoms with Gasteiger partial charge in [-0.3, -0.25) is 10.1 Å². The summed E-state index contributed by atoms with van der Waals surface area (Å²) in [6, 6.07) is 0. The van der Waals surface area contributed by atoms with E-state index in [4.69, 9.17) is 9.47 Å². The van der Waals surface area contributed by atoms with Crippen molar-refractivity contribution in [1.29, 1.82) is 0 Å². The van der Waals surface area contributed by atoms with Gasteiger partial charge in [-0.05, 0) is 25.5 Å². The van der Waals surface area contributed by atoms with E-state index >= 15 is 0 Å². The molecule has 5 heteroatoms. The summed E-state index contributed by atoms with van der Waals surface area (Å²) in [5.74, 6) is 1.82. The Morgan fingerprint density at radius 2 is 2.38 bits per heavy atom. The number of methoxy groups -OCH3 is 1. The van der Waals surface area contributed by atoms with Gasteiger partial charge in [0.25, 0.3) is 0 Å². The number of rotatable bonds is 6. The number of carbonyl (C=O) groups is 1. The Kier molecular flexibility index (Phi) is 6.16. The number of hydrogen-bond acceptors (Lipinski definition) is 5. The van der Waals surface area contributed by atoms with Crippen LogP contribution in [0.3, 0.4) is 0 Å². The fourth-order valence-corrected chi connectivity index (χ4v) is 3.03. The van der Waals surface area contributed by atoms with Crippen LogP contribution in [0.5, 0.6) is 0 Å². The number of ether oxygens (including phenoxy) is 2. The molecule has 0 aromatic carbocycles. The van der Waals surface area contributed by atoms with Crippen LogP contribution >= 0.6 is 11.8 Å². The van der Waals surface area contributed by atoms with Gasteiger partial charge in [0.05, 0.1) is 13.2 Å². The van der Waals surface area contributed by atoms with Gasteiger partial charge in [-0.1, -0.05) is 0 Å². The van der Waals surface area contributed by atoms with Crippen molar-refractivity contribution < 1.29 is 14.3 Å². The van der Waals surface area contributed by atoms with E-state index in [2.05, 4.69) is 5.32 Å². The molecule has 0 amide bonds. The first-order valence-corrected chi connectivity index (χ1v) is 6.89. The summed E-state index contributed by atoms with van der Waals surface area (Å²) in [7, 11) is 1.66. The standard InChI is InChI=1S/C11H21NO3S/c1-3-15-10(13)11(12-6-7-14-2)5-4-8-16-9-11/h12H,3-9H2,1-2H3. The van der Waals surface area contributed by atoms with Crippen molar-refractivity contribution in [3.05, 3.63) is 0 Å². The zero-order valence-corrected chi connectivity index (χ0v) is 10.9. The molecule has 0 aromatic rings. The quantitative estimate of drug-likeness (QED) is 0.561. The van der Waals surface area contributed by atoms with Crippen LogP contribution in [0.1, 0.15) is 19.8 Å². The normalized spacial score (nSPS) is 25.4. The summed E-state index contributed by atoms with van der Waals surface area (Å²) in [4.78, 5) is 12.0. The molecular weight excluding hydrogens is 226 g/mol. The average molecular weight is 247 g/mol. The molecule has 1 rings (SSSR count). The van der Waals surface area contributed by atoms with Gasteiger partial charge in [0, 0.05) is 19.4 Å². The molecule has 1 unspecified atom stereocenters. The third-order valence-electron chi connectivity index (χ3n) is 2.68. The van der Waals surface area contributed by atoms with Crippen LogP contribution in [-0.2, 0) is 14.3 Å². The highest BCUT2D eigenvalue weighted by Gasteiger charge is 2.40. The summed E-state index contributed by atoms with van der Waals surface area (Å²) in [5.41, 5.74) is -0.489. The lowest BCUT2D eigenvalue weighted by Crippen LogP contribution is -2.57. The van der Waals surface area contributed by atoms with Gasteiger partial charge in [-0.25, -0.2) is 0 Å². The number of esters is 1. The van der Waals surface area contributed by atoms with E-state index in [1.54, 1.807) is 7.11 Å². The second kappa shape index (κ2) is 7.14. The Morgan fingerprint density at radius 3 is 2.94 bits per heavy atom. The Balaban J connectivity index is 2.55. The van der Waals surface area contributed by atoms with E-state index in [0.717, 1.165) is 24.3 Å². The topological polar surface area (TPSA) is 47.6 Å². The lowest BCUT2D eigenvalue weighted by atomic mass is 9.95. The summed E-state index contributed by atoms with van der Waals surface area (Å²) < 4.78 is 10.2. The van der Waals surface area contributed by atoms with Crippen LogP contribution in [0.4, 0.5) is 0 Å². The molecule has 0 saturated carbocycles. The van der Waals surface area contributed by atoms with Crippen molar-refractivity contribution in [1.82, 2.24) is 5.32 Å². The van der Waals surface area contributed by atoms with E-state index in [1.165, 1.54) is 0 Å². The van der Waals surface area contributed by atoms with Crippen molar-refractivity contribution in [2.24, 2.45) is 0 Å². The van der Waals surface area contributed by atoms with Gasteiger partial charge < -0.3 is 9.47 Å². The molecule has 1 atom stereocenters. The molecule has 1 N–H and O–H groups in total. The van der Waals surface area contributed by atoms with Gasteiger partial charge in [0.2, 0.25) is 0 Å². The summed E-state index contributed by atoms with van der Waals surface area (Å²) in [6.07, 6.45) is 1.92. The van der Waals surface area contributed by atoms with Crippen LogP contribution < -0.4 is 5.32 Å². The summed E-state index contributed by atoms with van der Waals surface area (Å²) in [5, 5.41) is 3.30. The predicted molar refractivity (Wildman–Crippen MR) is 65.8 cm³/mol. The Labute approximate surface area is 101 Å². The van der Waals surface area contributed by atoms with Crippen molar-refractivity contribution in [2.75, 3.05) is 38.4 Å². The van der Waals surface area contributed by atoms with E-state index in [0.29, 0.717) is 19.8 Å². The maximum absolute atomic E-state index is 12.0. The molecule has 0 aromatic heterocycles. The van der Waals surface area contributed by atoms with Crippen molar-refractivity contribution in [3.8, 4) is 0 Å². The Bertz CT molecular complexity index is 217. The highest BCUT2D eigenvalue weighted by atomic mass is 32.2. The minimum absolute atomic E-state index is 0.113. The zero-order chi connectivity index (χ0) is 11.9. The van der Waals surface area contributed by atoms with E-state index < -0.39 is 5.54 Å². The fraction of sp³-hybridized carbons (Fsp3) is 0.909. The SMILES string of the molecule is CCOC(=O)C1(NCCOC)CCCSC1. The minimum Gasteiger partial charge on any atom is -0.465 e. The summed E-state index contributed by atoms with van der Waals surface area (Å²) >= 11 is 1.81. The third kappa shape index (κ3) is 3.64. The first-order chi connectivity index (χ1) is 7.75. The lowest BCUT2D eigenvalue weighted by Gasteiger charge is -2.35. The minimum atomic E-state index is -0.489. The molecule has 1 fully saturated rings. The number of thioether (sulfide) groups is 1. The van der Waals surface area contributed by atoms with E-state index in [-0.39, 0.29) is 5.97 Å². The largest absolute Gasteiger partial charge is 0.465 e. The number of carbonyl (C=O) groups excluding carboxylic acids is 1. The molecule has 94 valence electrons. The van der Waals surface area contributed by atoms with Crippen LogP contribution in [0.2, 0.25) is 0 Å². The van der Waals surface area contributed by atoms with Crippen LogP contribution in [0, 0.1) is 0 Å². The maximum Gasteiger partial charge on any atom is 0.327 e. The molecule has 0 radical (unpaired) electrons. The highest BCUT2D eigenvalue weighted by molar-refractivity contribution is 7.99. The van der Waals surface area contributed by atoms with Crippen LogP contribution in [0.15, 0.2) is 0 Å². The van der Waals surface area contributed by atoms with Gasteiger partial charge in [-0.2, -0.15) is 11.8 Å². The Morgan fingerprint density at radius 1 is 1.56 bits per heavy atom. The van der Waals surface area contributed by atoms with Gasteiger partial charge >= 0.3 is 5.97 Å². The molecule has 1 aliphatic heterocycles. The number of nitrogens with one attached hydrogen (secondary N) is 1. The molecule has 0 aliphatic carbocycles. The Hall–Kier alpha value is -0.260. The van der Waals surface area contributed by atoms with Gasteiger partial charge in [0.1, 0.15) is 5.54 Å². The van der Waals surface area contributed by atoms with Crippen molar-refractivity contribution in [3.63, 3.8) is 0 Å². The smallest absolute Gasteiger partial charge is 0.327 e. The predicted octanol–water partition coefficient (Wildman–Crippen LogP) is 1.05. The molecule has 16 heavy (non-hydrogen) atoms. The van der Waals surface area contributed by atoms with E-state index in [1.807, 2.05) is 18.7 Å².